The first-order valence-electron chi connectivity index (χ1n) is 5.80. The van der Waals surface area contributed by atoms with Gasteiger partial charge in [-0.2, -0.15) is 0 Å². The Morgan fingerprint density at radius 1 is 1.25 bits per heavy atom. The smallest absolute Gasteiger partial charge is 0.0899 e. The molecule has 1 saturated carbocycles. The quantitative estimate of drug-likeness (QED) is 0.845. The number of rotatable bonds is 4. The van der Waals surface area contributed by atoms with Crippen molar-refractivity contribution in [2.45, 2.75) is 37.7 Å². The third kappa shape index (κ3) is 2.13. The van der Waals surface area contributed by atoms with Crippen molar-refractivity contribution in [1.29, 1.82) is 0 Å². The van der Waals surface area contributed by atoms with E-state index in [1.807, 2.05) is 12.1 Å². The molecule has 1 aliphatic carbocycles. The summed E-state index contributed by atoms with van der Waals surface area (Å²) in [6.07, 6.45) is 1.79. The van der Waals surface area contributed by atoms with E-state index in [4.69, 9.17) is 4.74 Å². The van der Waals surface area contributed by atoms with Gasteiger partial charge in [-0.3, -0.25) is 0 Å². The van der Waals surface area contributed by atoms with Gasteiger partial charge < -0.3 is 9.84 Å². The summed E-state index contributed by atoms with van der Waals surface area (Å²) in [5.74, 6) is 0. The van der Waals surface area contributed by atoms with Gasteiger partial charge in [0.05, 0.1) is 12.2 Å². The summed E-state index contributed by atoms with van der Waals surface area (Å²) < 4.78 is 5.22. The normalized spacial score (nSPS) is 18.5. The van der Waals surface area contributed by atoms with Gasteiger partial charge in [0.15, 0.2) is 0 Å². The molecule has 0 unspecified atom stereocenters. The zero-order chi connectivity index (χ0) is 11.8. The fourth-order valence-electron chi connectivity index (χ4n) is 2.08. The summed E-state index contributed by atoms with van der Waals surface area (Å²) in [5.41, 5.74) is 1.80. The van der Waals surface area contributed by atoms with Crippen molar-refractivity contribution in [2.75, 3.05) is 13.7 Å². The van der Waals surface area contributed by atoms with E-state index in [0.717, 1.165) is 18.4 Å². The predicted octanol–water partition coefficient (Wildman–Crippen LogP) is 2.59. The minimum atomic E-state index is -0.524. The first-order valence-corrected chi connectivity index (χ1v) is 5.80. The highest BCUT2D eigenvalue weighted by Crippen LogP contribution is 2.45. The van der Waals surface area contributed by atoms with E-state index in [0.29, 0.717) is 6.61 Å². The summed E-state index contributed by atoms with van der Waals surface area (Å²) in [7, 11) is 1.73. The molecular weight excluding hydrogens is 200 g/mol. The molecule has 2 heteroatoms. The third-order valence-electron chi connectivity index (χ3n) is 3.43. The molecule has 0 aromatic heterocycles. The molecule has 0 amide bonds. The maximum absolute atomic E-state index is 9.97. The van der Waals surface area contributed by atoms with E-state index in [1.165, 1.54) is 5.56 Å². The van der Waals surface area contributed by atoms with Crippen molar-refractivity contribution in [2.24, 2.45) is 0 Å². The summed E-state index contributed by atoms with van der Waals surface area (Å²) in [5, 5.41) is 9.97. The second-order valence-corrected chi connectivity index (χ2v) is 5.43. The van der Waals surface area contributed by atoms with Crippen LogP contribution in [0.3, 0.4) is 0 Å². The van der Waals surface area contributed by atoms with Crippen LogP contribution >= 0.6 is 0 Å². The minimum absolute atomic E-state index is 0.0272. The largest absolute Gasteiger partial charge is 0.385 e. The number of aliphatic hydroxyl groups is 1. The lowest BCUT2D eigenvalue weighted by Crippen LogP contribution is -2.23. The van der Waals surface area contributed by atoms with Gasteiger partial charge >= 0.3 is 0 Å². The van der Waals surface area contributed by atoms with E-state index in [-0.39, 0.29) is 5.41 Å². The van der Waals surface area contributed by atoms with E-state index in [9.17, 15) is 5.11 Å². The van der Waals surface area contributed by atoms with Crippen molar-refractivity contribution in [3.63, 3.8) is 0 Å². The summed E-state index contributed by atoms with van der Waals surface area (Å²) in [6, 6.07) is 8.29. The van der Waals surface area contributed by atoms with E-state index < -0.39 is 5.60 Å². The van der Waals surface area contributed by atoms with E-state index >= 15 is 0 Å². The third-order valence-corrected chi connectivity index (χ3v) is 3.43. The van der Waals surface area contributed by atoms with Crippen molar-refractivity contribution in [1.82, 2.24) is 0 Å². The van der Waals surface area contributed by atoms with Crippen LogP contribution in [0.1, 0.15) is 37.8 Å². The Bertz CT molecular complexity index is 361. The number of benzene rings is 1. The van der Waals surface area contributed by atoms with Crippen LogP contribution in [0.15, 0.2) is 24.3 Å². The highest BCUT2D eigenvalue weighted by molar-refractivity contribution is 5.33. The lowest BCUT2D eigenvalue weighted by molar-refractivity contribution is 0.145. The van der Waals surface area contributed by atoms with Gasteiger partial charge in [0.2, 0.25) is 0 Å². The first kappa shape index (κ1) is 11.6. The number of hydrogen-bond acceptors (Lipinski definition) is 2. The zero-order valence-corrected chi connectivity index (χ0v) is 10.3. The average Bonchev–Trinajstić information content (AvgIpc) is 2.98. The average molecular weight is 220 g/mol. The second kappa shape index (κ2) is 3.86. The minimum Gasteiger partial charge on any atom is -0.385 e. The molecule has 1 aromatic carbocycles. The molecule has 0 saturated heterocycles. The van der Waals surface area contributed by atoms with Crippen LogP contribution in [-0.2, 0) is 15.8 Å². The molecule has 0 heterocycles. The van der Waals surface area contributed by atoms with E-state index in [1.54, 1.807) is 7.11 Å². The Morgan fingerprint density at radius 2 is 1.81 bits per heavy atom. The lowest BCUT2D eigenvalue weighted by Gasteiger charge is -2.24. The molecule has 1 fully saturated rings. The standard InChI is InChI=1S/C14H20O2/c1-13(2,10-16-3)11-4-6-12(7-5-11)14(15)8-9-14/h4-7,15H,8-10H2,1-3H3. The molecule has 0 radical (unpaired) electrons. The summed E-state index contributed by atoms with van der Waals surface area (Å²) in [4.78, 5) is 0. The van der Waals surface area contributed by atoms with E-state index in [2.05, 4.69) is 26.0 Å². The summed E-state index contributed by atoms with van der Waals surface area (Å²) >= 11 is 0. The molecule has 1 aliphatic rings. The van der Waals surface area contributed by atoms with Crippen LogP contribution < -0.4 is 0 Å². The molecule has 16 heavy (non-hydrogen) atoms. The summed E-state index contributed by atoms with van der Waals surface area (Å²) in [6.45, 7) is 5.03. The number of methoxy groups -OCH3 is 1. The van der Waals surface area contributed by atoms with Gasteiger partial charge in [-0.15, -0.1) is 0 Å². The predicted molar refractivity (Wildman–Crippen MR) is 64.5 cm³/mol. The van der Waals surface area contributed by atoms with Crippen molar-refractivity contribution in [3.8, 4) is 0 Å². The van der Waals surface area contributed by atoms with Crippen LogP contribution in [0.25, 0.3) is 0 Å². The second-order valence-electron chi connectivity index (χ2n) is 5.43. The maximum Gasteiger partial charge on any atom is 0.0899 e. The molecule has 2 rings (SSSR count). The van der Waals surface area contributed by atoms with Crippen LogP contribution in [0.5, 0.6) is 0 Å². The lowest BCUT2D eigenvalue weighted by atomic mass is 9.85. The van der Waals surface area contributed by atoms with Crippen LogP contribution in [0.2, 0.25) is 0 Å². The zero-order valence-electron chi connectivity index (χ0n) is 10.3. The topological polar surface area (TPSA) is 29.5 Å². The van der Waals surface area contributed by atoms with Gasteiger partial charge in [0.1, 0.15) is 0 Å². The van der Waals surface area contributed by atoms with Gasteiger partial charge in [0, 0.05) is 12.5 Å². The Labute approximate surface area is 97.3 Å². The Balaban J connectivity index is 2.19. The molecule has 0 aliphatic heterocycles. The Morgan fingerprint density at radius 3 is 2.25 bits per heavy atom. The monoisotopic (exact) mass is 220 g/mol. The van der Waals surface area contributed by atoms with Gasteiger partial charge in [0.25, 0.3) is 0 Å². The van der Waals surface area contributed by atoms with Crippen molar-refractivity contribution < 1.29 is 9.84 Å². The molecule has 0 spiro atoms. The number of ether oxygens (including phenoxy) is 1. The highest BCUT2D eigenvalue weighted by Gasteiger charge is 2.42. The first-order chi connectivity index (χ1) is 7.48. The molecular formula is C14H20O2. The molecule has 0 atom stereocenters. The molecule has 1 aromatic rings. The fraction of sp³-hybridized carbons (Fsp3) is 0.571. The van der Waals surface area contributed by atoms with Gasteiger partial charge in [-0.25, -0.2) is 0 Å². The molecule has 2 nitrogen and oxygen atoms in total. The van der Waals surface area contributed by atoms with Gasteiger partial charge in [-0.1, -0.05) is 38.1 Å². The van der Waals surface area contributed by atoms with Crippen molar-refractivity contribution in [3.05, 3.63) is 35.4 Å². The SMILES string of the molecule is COCC(C)(C)c1ccc(C2(O)CC2)cc1. The Hall–Kier alpha value is -0.860. The maximum atomic E-state index is 9.97. The fourth-order valence-corrected chi connectivity index (χ4v) is 2.08. The molecule has 1 N–H and O–H groups in total. The van der Waals surface area contributed by atoms with Gasteiger partial charge in [-0.05, 0) is 24.0 Å². The number of hydrogen-bond donors (Lipinski definition) is 1. The Kier molecular flexibility index (Phi) is 2.81. The van der Waals surface area contributed by atoms with Crippen LogP contribution in [0.4, 0.5) is 0 Å². The molecule has 0 bridgehead atoms. The molecule has 88 valence electrons. The highest BCUT2D eigenvalue weighted by atomic mass is 16.5. The van der Waals surface area contributed by atoms with Crippen LogP contribution in [0, 0.1) is 0 Å². The van der Waals surface area contributed by atoms with Crippen LogP contribution in [-0.4, -0.2) is 18.8 Å². The van der Waals surface area contributed by atoms with Crippen molar-refractivity contribution >= 4 is 0 Å².